The van der Waals surface area contributed by atoms with Gasteiger partial charge in [0.2, 0.25) is 0 Å². The molecular formula is C27H31F4N5O2. The Hall–Kier alpha value is -2.86. The lowest BCUT2D eigenvalue weighted by Gasteiger charge is -2.52. The van der Waals surface area contributed by atoms with E-state index >= 15 is 0 Å². The molecule has 11 heteroatoms. The zero-order valence-electron chi connectivity index (χ0n) is 21.3. The lowest BCUT2D eigenvalue weighted by molar-refractivity contribution is -0.315. The standard InChI is InChI=1S/C27H31F4N5O2/c1-35(2)15-23-24(33-34-32-23)16-36-13-14-37-26(25(36)18-7-9-20(28)10-8-18)12-11-19(17-38-26)21-5-3-4-6-22(21)27(29,30)31/h3-10,19,25H,11-17H2,1-2H3,(H,32,33,34)/t19?,25-,26+/m0/s1. The summed E-state index contributed by atoms with van der Waals surface area (Å²) >= 11 is 0. The molecule has 0 amide bonds. The Bertz CT molecular complexity index is 1220. The fraction of sp³-hybridized carbons (Fsp3) is 0.481. The minimum absolute atomic E-state index is 0.0778. The summed E-state index contributed by atoms with van der Waals surface area (Å²) in [7, 11) is 3.90. The number of halogens is 4. The molecular weight excluding hydrogens is 502 g/mol. The maximum Gasteiger partial charge on any atom is 0.416 e. The summed E-state index contributed by atoms with van der Waals surface area (Å²) in [4.78, 5) is 4.18. The second-order valence-electron chi connectivity index (χ2n) is 10.2. The van der Waals surface area contributed by atoms with Crippen molar-refractivity contribution in [2.75, 3.05) is 33.9 Å². The van der Waals surface area contributed by atoms with Crippen molar-refractivity contribution in [3.8, 4) is 0 Å². The minimum atomic E-state index is -4.44. The third kappa shape index (κ3) is 5.47. The Morgan fingerprint density at radius 2 is 1.79 bits per heavy atom. The van der Waals surface area contributed by atoms with Crippen LogP contribution in [0.4, 0.5) is 17.6 Å². The molecule has 1 spiro atoms. The highest BCUT2D eigenvalue weighted by atomic mass is 19.4. The second kappa shape index (κ2) is 10.7. The van der Waals surface area contributed by atoms with Gasteiger partial charge >= 0.3 is 6.18 Å². The molecule has 3 heterocycles. The monoisotopic (exact) mass is 533 g/mol. The number of rotatable bonds is 6. The third-order valence-electron chi connectivity index (χ3n) is 7.29. The van der Waals surface area contributed by atoms with Gasteiger partial charge < -0.3 is 14.4 Å². The summed E-state index contributed by atoms with van der Waals surface area (Å²) in [6, 6.07) is 11.5. The van der Waals surface area contributed by atoms with E-state index in [1.54, 1.807) is 18.2 Å². The van der Waals surface area contributed by atoms with E-state index in [9.17, 15) is 17.6 Å². The molecule has 38 heavy (non-hydrogen) atoms. The van der Waals surface area contributed by atoms with Crippen LogP contribution in [-0.2, 0) is 28.7 Å². The number of benzene rings is 2. The third-order valence-corrected chi connectivity index (χ3v) is 7.29. The lowest BCUT2D eigenvalue weighted by atomic mass is 9.82. The van der Waals surface area contributed by atoms with Crippen LogP contribution in [0.1, 0.15) is 52.9 Å². The summed E-state index contributed by atoms with van der Waals surface area (Å²) < 4.78 is 67.6. The molecule has 1 N–H and O–H groups in total. The number of H-pyrrole nitrogens is 1. The van der Waals surface area contributed by atoms with E-state index in [0.29, 0.717) is 39.1 Å². The van der Waals surface area contributed by atoms with Gasteiger partial charge in [0.25, 0.3) is 0 Å². The number of hydrogen-bond acceptors (Lipinski definition) is 6. The highest BCUT2D eigenvalue weighted by molar-refractivity contribution is 5.33. The number of ether oxygens (including phenoxy) is 2. The van der Waals surface area contributed by atoms with E-state index in [1.165, 1.54) is 24.3 Å². The number of alkyl halides is 3. The van der Waals surface area contributed by atoms with Gasteiger partial charge in [0, 0.05) is 32.0 Å². The molecule has 1 aromatic heterocycles. The van der Waals surface area contributed by atoms with E-state index in [1.807, 2.05) is 19.0 Å². The molecule has 3 atom stereocenters. The molecule has 1 unspecified atom stereocenters. The summed E-state index contributed by atoms with van der Waals surface area (Å²) in [5.41, 5.74) is 2.01. The van der Waals surface area contributed by atoms with Gasteiger partial charge in [-0.1, -0.05) is 30.3 Å². The van der Waals surface area contributed by atoms with Crippen LogP contribution in [0, 0.1) is 5.82 Å². The zero-order valence-corrected chi connectivity index (χ0v) is 21.3. The largest absolute Gasteiger partial charge is 0.416 e. The highest BCUT2D eigenvalue weighted by Crippen LogP contribution is 2.48. The van der Waals surface area contributed by atoms with Crippen molar-refractivity contribution < 1.29 is 27.0 Å². The Labute approximate surface area is 218 Å². The van der Waals surface area contributed by atoms with Gasteiger partial charge in [-0.3, -0.25) is 4.90 Å². The number of nitrogens with zero attached hydrogens (tertiary/aromatic N) is 4. The lowest BCUT2D eigenvalue weighted by Crippen LogP contribution is -2.57. The first-order valence-corrected chi connectivity index (χ1v) is 12.6. The van der Waals surface area contributed by atoms with Gasteiger partial charge in [0.15, 0.2) is 5.79 Å². The zero-order chi connectivity index (χ0) is 26.9. The maximum absolute atomic E-state index is 13.8. The number of aromatic amines is 1. The first-order valence-electron chi connectivity index (χ1n) is 12.6. The van der Waals surface area contributed by atoms with Gasteiger partial charge in [-0.05, 0) is 49.8 Å². The van der Waals surface area contributed by atoms with E-state index in [0.717, 1.165) is 23.0 Å². The number of morpholine rings is 1. The molecule has 0 bridgehead atoms. The molecule has 7 nitrogen and oxygen atoms in total. The van der Waals surface area contributed by atoms with Gasteiger partial charge in [0.05, 0.1) is 24.8 Å². The van der Waals surface area contributed by atoms with Crippen molar-refractivity contribution in [3.63, 3.8) is 0 Å². The number of nitrogens with one attached hydrogen (secondary N) is 1. The normalized spacial score (nSPS) is 24.8. The first kappa shape index (κ1) is 26.7. The van der Waals surface area contributed by atoms with E-state index < -0.39 is 29.5 Å². The van der Waals surface area contributed by atoms with Crippen molar-refractivity contribution in [1.29, 1.82) is 0 Å². The molecule has 2 fully saturated rings. The van der Waals surface area contributed by atoms with Crippen molar-refractivity contribution >= 4 is 0 Å². The minimum Gasteiger partial charge on any atom is -0.347 e. The van der Waals surface area contributed by atoms with Crippen LogP contribution in [0.25, 0.3) is 0 Å². The predicted molar refractivity (Wildman–Crippen MR) is 131 cm³/mol. The van der Waals surface area contributed by atoms with Crippen LogP contribution in [0.3, 0.4) is 0 Å². The SMILES string of the molecule is CN(C)Cc1n[nH]nc1CN1CCO[C@@]2(CCC(c3ccccc3C(F)(F)F)CO2)[C@@H]1c1ccc(F)cc1. The van der Waals surface area contributed by atoms with Crippen molar-refractivity contribution in [1.82, 2.24) is 25.2 Å². The second-order valence-corrected chi connectivity index (χ2v) is 10.2. The Kier molecular flexibility index (Phi) is 7.54. The van der Waals surface area contributed by atoms with Crippen LogP contribution in [0.5, 0.6) is 0 Å². The van der Waals surface area contributed by atoms with Crippen molar-refractivity contribution in [2.24, 2.45) is 0 Å². The van der Waals surface area contributed by atoms with Crippen LogP contribution in [0.15, 0.2) is 48.5 Å². The summed E-state index contributed by atoms with van der Waals surface area (Å²) in [6.45, 7) is 2.09. The summed E-state index contributed by atoms with van der Waals surface area (Å²) in [5, 5.41) is 11.4. The molecule has 204 valence electrons. The smallest absolute Gasteiger partial charge is 0.347 e. The van der Waals surface area contributed by atoms with Crippen LogP contribution < -0.4 is 0 Å². The number of aromatic nitrogens is 3. The summed E-state index contributed by atoms with van der Waals surface area (Å²) in [5.74, 6) is -1.87. The van der Waals surface area contributed by atoms with E-state index in [4.69, 9.17) is 9.47 Å². The molecule has 2 aromatic carbocycles. The Morgan fingerprint density at radius 1 is 1.05 bits per heavy atom. The predicted octanol–water partition coefficient (Wildman–Crippen LogP) is 4.89. The molecule has 0 radical (unpaired) electrons. The average molecular weight is 534 g/mol. The van der Waals surface area contributed by atoms with Gasteiger partial charge in [-0.25, -0.2) is 4.39 Å². The Balaban J connectivity index is 1.44. The van der Waals surface area contributed by atoms with Crippen molar-refractivity contribution in [2.45, 2.75) is 49.9 Å². The van der Waals surface area contributed by atoms with Crippen LogP contribution in [-0.4, -0.2) is 64.9 Å². The molecule has 5 rings (SSSR count). The topological polar surface area (TPSA) is 66.5 Å². The highest BCUT2D eigenvalue weighted by Gasteiger charge is 2.51. The van der Waals surface area contributed by atoms with Crippen LogP contribution >= 0.6 is 0 Å². The van der Waals surface area contributed by atoms with E-state index in [2.05, 4.69) is 20.3 Å². The van der Waals surface area contributed by atoms with E-state index in [-0.39, 0.29) is 18.0 Å². The van der Waals surface area contributed by atoms with Crippen molar-refractivity contribution in [3.05, 3.63) is 82.4 Å². The molecule has 2 saturated heterocycles. The fourth-order valence-corrected chi connectivity index (χ4v) is 5.58. The number of hydrogen-bond donors (Lipinski definition) is 1. The Morgan fingerprint density at radius 3 is 2.47 bits per heavy atom. The molecule has 0 aliphatic carbocycles. The van der Waals surface area contributed by atoms with Crippen LogP contribution in [0.2, 0.25) is 0 Å². The quantitative estimate of drug-likeness (QED) is 0.456. The molecule has 2 aliphatic heterocycles. The molecule has 0 saturated carbocycles. The summed E-state index contributed by atoms with van der Waals surface area (Å²) in [6.07, 6.45) is -3.61. The molecule has 3 aromatic rings. The average Bonchev–Trinajstić information content (AvgIpc) is 3.31. The maximum atomic E-state index is 13.8. The van der Waals surface area contributed by atoms with Gasteiger partial charge in [-0.2, -0.15) is 28.6 Å². The fourth-order valence-electron chi connectivity index (χ4n) is 5.58. The molecule has 2 aliphatic rings. The first-order chi connectivity index (χ1) is 18.2. The van der Waals surface area contributed by atoms with Gasteiger partial charge in [-0.15, -0.1) is 0 Å². The van der Waals surface area contributed by atoms with Gasteiger partial charge in [0.1, 0.15) is 17.2 Å².